The molecule has 3 rings (SSSR count). The van der Waals surface area contributed by atoms with E-state index in [0.29, 0.717) is 5.41 Å². The van der Waals surface area contributed by atoms with Crippen LogP contribution in [0, 0.1) is 12.3 Å². The van der Waals surface area contributed by atoms with Gasteiger partial charge in [0.2, 0.25) is 0 Å². The molecule has 0 aromatic carbocycles. The van der Waals surface area contributed by atoms with Gasteiger partial charge in [-0.1, -0.05) is 18.0 Å². The highest BCUT2D eigenvalue weighted by Crippen LogP contribution is 2.46. The first-order valence-corrected chi connectivity index (χ1v) is 7.84. The first kappa shape index (κ1) is 14.2. The highest BCUT2D eigenvalue weighted by Gasteiger charge is 2.37. The van der Waals surface area contributed by atoms with Crippen molar-refractivity contribution >= 4 is 11.7 Å². The average molecular weight is 288 g/mol. The SMILES string of the molecule is Cc1ccc(C(N)=NO)c(N2CCC3(CCCC3)CC2)n1. The molecule has 3 N–H and O–H groups in total. The molecule has 5 nitrogen and oxygen atoms in total. The predicted octanol–water partition coefficient (Wildman–Crippen LogP) is 2.65. The van der Waals surface area contributed by atoms with Gasteiger partial charge in [-0.05, 0) is 50.2 Å². The van der Waals surface area contributed by atoms with Crippen LogP contribution in [0.25, 0.3) is 0 Å². The Morgan fingerprint density at radius 2 is 1.90 bits per heavy atom. The lowest BCUT2D eigenvalue weighted by Gasteiger charge is -2.40. The fourth-order valence-electron chi connectivity index (χ4n) is 3.86. The molecule has 1 aromatic rings. The van der Waals surface area contributed by atoms with E-state index in [2.05, 4.69) is 15.0 Å². The maximum atomic E-state index is 8.96. The molecule has 1 aliphatic heterocycles. The minimum Gasteiger partial charge on any atom is -0.409 e. The van der Waals surface area contributed by atoms with E-state index in [1.54, 1.807) is 0 Å². The molecule has 0 amide bonds. The second kappa shape index (κ2) is 5.54. The van der Waals surface area contributed by atoms with E-state index in [4.69, 9.17) is 10.9 Å². The molecular weight excluding hydrogens is 264 g/mol. The van der Waals surface area contributed by atoms with Crippen molar-refractivity contribution in [2.24, 2.45) is 16.3 Å². The summed E-state index contributed by atoms with van der Waals surface area (Å²) < 4.78 is 0. The van der Waals surface area contributed by atoms with Crippen molar-refractivity contribution in [2.45, 2.75) is 45.4 Å². The summed E-state index contributed by atoms with van der Waals surface area (Å²) in [5.74, 6) is 0.997. The summed E-state index contributed by atoms with van der Waals surface area (Å²) in [7, 11) is 0. The first-order chi connectivity index (χ1) is 10.1. The van der Waals surface area contributed by atoms with E-state index < -0.39 is 0 Å². The van der Waals surface area contributed by atoms with Crippen LogP contribution in [0.3, 0.4) is 0 Å². The number of piperidine rings is 1. The number of nitrogens with zero attached hydrogens (tertiary/aromatic N) is 3. The zero-order valence-corrected chi connectivity index (χ0v) is 12.7. The van der Waals surface area contributed by atoms with Gasteiger partial charge in [0, 0.05) is 18.8 Å². The van der Waals surface area contributed by atoms with Gasteiger partial charge in [0.25, 0.3) is 0 Å². The highest BCUT2D eigenvalue weighted by molar-refractivity contribution is 6.01. The Hall–Kier alpha value is -1.78. The summed E-state index contributed by atoms with van der Waals surface area (Å²) in [5, 5.41) is 12.1. The fraction of sp³-hybridized carbons (Fsp3) is 0.625. The summed E-state index contributed by atoms with van der Waals surface area (Å²) in [6.07, 6.45) is 8.01. The molecule has 1 aromatic heterocycles. The number of aryl methyl sites for hydroxylation is 1. The van der Waals surface area contributed by atoms with Gasteiger partial charge in [0.1, 0.15) is 5.82 Å². The molecule has 2 aliphatic rings. The van der Waals surface area contributed by atoms with Crippen LogP contribution in [0.2, 0.25) is 0 Å². The smallest absolute Gasteiger partial charge is 0.173 e. The normalized spacial score (nSPS) is 22.0. The molecule has 1 saturated carbocycles. The number of aromatic nitrogens is 1. The second-order valence-corrected chi connectivity index (χ2v) is 6.50. The third kappa shape index (κ3) is 2.69. The lowest BCUT2D eigenvalue weighted by Crippen LogP contribution is -2.40. The average Bonchev–Trinajstić information content (AvgIpc) is 2.95. The number of oxime groups is 1. The van der Waals surface area contributed by atoms with E-state index in [-0.39, 0.29) is 5.84 Å². The molecule has 1 spiro atoms. The Labute approximate surface area is 125 Å². The lowest BCUT2D eigenvalue weighted by atomic mass is 9.77. The largest absolute Gasteiger partial charge is 0.409 e. The van der Waals surface area contributed by atoms with Crippen molar-refractivity contribution in [1.29, 1.82) is 0 Å². The van der Waals surface area contributed by atoms with Crippen LogP contribution in [-0.4, -0.2) is 29.1 Å². The Balaban J connectivity index is 1.83. The number of hydrogen-bond donors (Lipinski definition) is 2. The molecule has 2 heterocycles. The monoisotopic (exact) mass is 288 g/mol. The van der Waals surface area contributed by atoms with Crippen molar-refractivity contribution in [3.8, 4) is 0 Å². The Morgan fingerprint density at radius 3 is 2.52 bits per heavy atom. The number of rotatable bonds is 2. The van der Waals surface area contributed by atoms with Gasteiger partial charge >= 0.3 is 0 Å². The van der Waals surface area contributed by atoms with Crippen molar-refractivity contribution in [1.82, 2.24) is 4.98 Å². The van der Waals surface area contributed by atoms with Crippen molar-refractivity contribution < 1.29 is 5.21 Å². The minimum atomic E-state index is 0.138. The Bertz CT molecular complexity index is 539. The van der Waals surface area contributed by atoms with Crippen LogP contribution >= 0.6 is 0 Å². The zero-order valence-electron chi connectivity index (χ0n) is 12.7. The summed E-state index contributed by atoms with van der Waals surface area (Å²) in [5.41, 5.74) is 8.07. The summed E-state index contributed by atoms with van der Waals surface area (Å²) in [6, 6.07) is 3.80. The van der Waals surface area contributed by atoms with Gasteiger partial charge in [-0.3, -0.25) is 0 Å². The van der Waals surface area contributed by atoms with Crippen LogP contribution in [0.1, 0.15) is 49.8 Å². The van der Waals surface area contributed by atoms with Crippen LogP contribution in [0.5, 0.6) is 0 Å². The first-order valence-electron chi connectivity index (χ1n) is 7.84. The number of nitrogens with two attached hydrogens (primary N) is 1. The van der Waals surface area contributed by atoms with Crippen LogP contribution in [0.15, 0.2) is 17.3 Å². The van der Waals surface area contributed by atoms with Gasteiger partial charge < -0.3 is 15.8 Å². The third-order valence-corrected chi connectivity index (χ3v) is 5.19. The predicted molar refractivity (Wildman–Crippen MR) is 83.8 cm³/mol. The van der Waals surface area contributed by atoms with Gasteiger partial charge in [-0.2, -0.15) is 0 Å². The summed E-state index contributed by atoms with van der Waals surface area (Å²) in [4.78, 5) is 6.93. The van der Waals surface area contributed by atoms with E-state index in [0.717, 1.165) is 30.2 Å². The molecule has 0 unspecified atom stereocenters. The Kier molecular flexibility index (Phi) is 3.74. The molecule has 21 heavy (non-hydrogen) atoms. The van der Waals surface area contributed by atoms with E-state index in [1.807, 2.05) is 19.1 Å². The fourth-order valence-corrected chi connectivity index (χ4v) is 3.86. The zero-order chi connectivity index (χ0) is 14.9. The highest BCUT2D eigenvalue weighted by atomic mass is 16.4. The summed E-state index contributed by atoms with van der Waals surface area (Å²) >= 11 is 0. The third-order valence-electron chi connectivity index (χ3n) is 5.19. The number of amidine groups is 1. The van der Waals surface area contributed by atoms with E-state index in [1.165, 1.54) is 38.5 Å². The minimum absolute atomic E-state index is 0.138. The molecule has 2 fully saturated rings. The number of hydrogen-bond acceptors (Lipinski definition) is 4. The van der Waals surface area contributed by atoms with Gasteiger partial charge in [-0.15, -0.1) is 0 Å². The van der Waals surface area contributed by atoms with Gasteiger partial charge in [0.15, 0.2) is 5.84 Å². The lowest BCUT2D eigenvalue weighted by molar-refractivity contribution is 0.226. The van der Waals surface area contributed by atoms with Crippen molar-refractivity contribution in [2.75, 3.05) is 18.0 Å². The Morgan fingerprint density at radius 1 is 1.24 bits per heavy atom. The molecule has 0 atom stereocenters. The van der Waals surface area contributed by atoms with Crippen LogP contribution < -0.4 is 10.6 Å². The van der Waals surface area contributed by atoms with Gasteiger partial charge in [-0.25, -0.2) is 4.98 Å². The molecule has 1 saturated heterocycles. The second-order valence-electron chi connectivity index (χ2n) is 6.50. The molecule has 0 radical (unpaired) electrons. The maximum Gasteiger partial charge on any atom is 0.173 e. The molecular formula is C16H24N4O. The number of pyridine rings is 1. The van der Waals surface area contributed by atoms with E-state index >= 15 is 0 Å². The quantitative estimate of drug-likeness (QED) is 0.380. The van der Waals surface area contributed by atoms with Crippen molar-refractivity contribution in [3.63, 3.8) is 0 Å². The molecule has 0 bridgehead atoms. The summed E-state index contributed by atoms with van der Waals surface area (Å²) in [6.45, 7) is 4.01. The topological polar surface area (TPSA) is 74.7 Å². The van der Waals surface area contributed by atoms with Crippen LogP contribution in [-0.2, 0) is 0 Å². The van der Waals surface area contributed by atoms with Crippen LogP contribution in [0.4, 0.5) is 5.82 Å². The molecule has 1 aliphatic carbocycles. The van der Waals surface area contributed by atoms with Gasteiger partial charge in [0.05, 0.1) is 5.56 Å². The molecule has 5 heteroatoms. The van der Waals surface area contributed by atoms with Crippen molar-refractivity contribution in [3.05, 3.63) is 23.4 Å². The maximum absolute atomic E-state index is 8.96. The van der Waals surface area contributed by atoms with E-state index in [9.17, 15) is 0 Å². The molecule has 114 valence electrons. The number of anilines is 1. The standard InChI is InChI=1S/C16H24N4O/c1-12-4-5-13(14(17)19-21)15(18-12)20-10-8-16(9-11-20)6-2-3-7-16/h4-5,21H,2-3,6-11H2,1H3,(H2,17,19).